The Kier molecular flexibility index (Phi) is 5.67. The van der Waals surface area contributed by atoms with Gasteiger partial charge in [0.05, 0.1) is 0 Å². The minimum Gasteiger partial charge on any atom is -0.405 e. The average molecular weight is 340 g/mol. The molecule has 0 spiro atoms. The SMILES string of the molecule is CC(C)CC[C@H](N)c1cc(Br)ccc1OC(F)(F)F. The second kappa shape index (κ2) is 6.61. The summed E-state index contributed by atoms with van der Waals surface area (Å²) < 4.78 is 41.7. The van der Waals surface area contributed by atoms with Crippen molar-refractivity contribution in [3.05, 3.63) is 28.2 Å². The summed E-state index contributed by atoms with van der Waals surface area (Å²) in [4.78, 5) is 0. The van der Waals surface area contributed by atoms with Crippen molar-refractivity contribution in [1.82, 2.24) is 0 Å². The van der Waals surface area contributed by atoms with Gasteiger partial charge in [0.1, 0.15) is 5.75 Å². The van der Waals surface area contributed by atoms with Crippen LogP contribution in [0.4, 0.5) is 13.2 Å². The van der Waals surface area contributed by atoms with Crippen LogP contribution in [-0.4, -0.2) is 6.36 Å². The highest BCUT2D eigenvalue weighted by molar-refractivity contribution is 9.10. The minimum atomic E-state index is -4.71. The van der Waals surface area contributed by atoms with E-state index < -0.39 is 12.4 Å². The highest BCUT2D eigenvalue weighted by atomic mass is 79.9. The smallest absolute Gasteiger partial charge is 0.405 e. The Morgan fingerprint density at radius 1 is 1.26 bits per heavy atom. The van der Waals surface area contributed by atoms with Crippen LogP contribution >= 0.6 is 15.9 Å². The maximum Gasteiger partial charge on any atom is 0.573 e. The molecule has 0 amide bonds. The molecule has 1 atom stereocenters. The minimum absolute atomic E-state index is 0.230. The molecule has 2 N–H and O–H groups in total. The zero-order chi connectivity index (χ0) is 14.6. The number of benzene rings is 1. The molecule has 0 fully saturated rings. The van der Waals surface area contributed by atoms with Gasteiger partial charge in [-0.05, 0) is 37.0 Å². The molecule has 0 radical (unpaired) electrons. The van der Waals surface area contributed by atoms with Gasteiger partial charge in [0.2, 0.25) is 0 Å². The maximum absolute atomic E-state index is 12.3. The van der Waals surface area contributed by atoms with E-state index in [2.05, 4.69) is 20.7 Å². The summed E-state index contributed by atoms with van der Waals surface area (Å²) in [6.45, 7) is 4.08. The lowest BCUT2D eigenvalue weighted by Gasteiger charge is -2.19. The lowest BCUT2D eigenvalue weighted by Crippen LogP contribution is -2.20. The molecule has 1 aromatic carbocycles. The van der Waals surface area contributed by atoms with E-state index >= 15 is 0 Å². The number of hydrogen-bond donors (Lipinski definition) is 1. The second-order valence-electron chi connectivity index (χ2n) is 4.81. The van der Waals surface area contributed by atoms with Gasteiger partial charge in [0.25, 0.3) is 0 Å². The molecule has 0 aliphatic heterocycles. The molecule has 0 aliphatic rings. The molecule has 108 valence electrons. The number of halogens is 4. The molecule has 6 heteroatoms. The van der Waals surface area contributed by atoms with Gasteiger partial charge in [-0.15, -0.1) is 13.2 Å². The van der Waals surface area contributed by atoms with Crippen molar-refractivity contribution in [3.63, 3.8) is 0 Å². The molecule has 0 saturated heterocycles. The summed E-state index contributed by atoms with van der Waals surface area (Å²) in [7, 11) is 0. The summed E-state index contributed by atoms with van der Waals surface area (Å²) in [6, 6.07) is 3.88. The van der Waals surface area contributed by atoms with Gasteiger partial charge < -0.3 is 10.5 Å². The van der Waals surface area contributed by atoms with Crippen molar-refractivity contribution in [2.45, 2.75) is 39.1 Å². The van der Waals surface area contributed by atoms with Gasteiger partial charge in [-0.2, -0.15) is 0 Å². The predicted octanol–water partition coefficient (Wildman–Crippen LogP) is 4.78. The van der Waals surface area contributed by atoms with Crippen molar-refractivity contribution in [2.75, 3.05) is 0 Å². The van der Waals surface area contributed by atoms with E-state index in [1.165, 1.54) is 12.1 Å². The predicted molar refractivity (Wildman–Crippen MR) is 71.8 cm³/mol. The first-order valence-corrected chi connectivity index (χ1v) is 6.79. The fourth-order valence-corrected chi connectivity index (χ4v) is 2.07. The normalized spacial score (nSPS) is 13.7. The van der Waals surface area contributed by atoms with Crippen LogP contribution in [0.1, 0.15) is 38.3 Å². The molecule has 0 heterocycles. The number of nitrogens with two attached hydrogens (primary N) is 1. The summed E-state index contributed by atoms with van der Waals surface area (Å²) in [5, 5.41) is 0. The lowest BCUT2D eigenvalue weighted by atomic mass is 9.98. The maximum atomic E-state index is 12.3. The van der Waals surface area contributed by atoms with E-state index in [0.717, 1.165) is 6.42 Å². The van der Waals surface area contributed by atoms with Gasteiger partial charge in [-0.3, -0.25) is 0 Å². The Morgan fingerprint density at radius 3 is 2.42 bits per heavy atom. The first-order chi connectivity index (χ1) is 8.69. The third kappa shape index (κ3) is 5.82. The quantitative estimate of drug-likeness (QED) is 0.837. The van der Waals surface area contributed by atoms with Crippen molar-refractivity contribution >= 4 is 15.9 Å². The van der Waals surface area contributed by atoms with Crippen LogP contribution in [0.3, 0.4) is 0 Å². The Labute approximate surface area is 119 Å². The summed E-state index contributed by atoms with van der Waals surface area (Å²) >= 11 is 3.23. The second-order valence-corrected chi connectivity index (χ2v) is 5.72. The van der Waals surface area contributed by atoms with Crippen molar-refractivity contribution < 1.29 is 17.9 Å². The largest absolute Gasteiger partial charge is 0.573 e. The Hall–Kier alpha value is -0.750. The van der Waals surface area contributed by atoms with Crippen molar-refractivity contribution in [2.24, 2.45) is 11.7 Å². The fourth-order valence-electron chi connectivity index (χ4n) is 1.70. The van der Waals surface area contributed by atoms with Crippen LogP contribution in [0, 0.1) is 5.92 Å². The average Bonchev–Trinajstić information content (AvgIpc) is 2.26. The fraction of sp³-hybridized carbons (Fsp3) is 0.538. The Morgan fingerprint density at radius 2 is 1.89 bits per heavy atom. The topological polar surface area (TPSA) is 35.2 Å². The molecule has 0 aromatic heterocycles. The van der Waals surface area contributed by atoms with E-state index in [1.54, 1.807) is 6.07 Å². The molecule has 0 unspecified atom stereocenters. The molecule has 1 aromatic rings. The first kappa shape index (κ1) is 16.3. The summed E-state index contributed by atoms with van der Waals surface area (Å²) in [5.74, 6) is 0.220. The van der Waals surface area contributed by atoms with E-state index in [-0.39, 0.29) is 5.75 Å². The zero-order valence-electron chi connectivity index (χ0n) is 10.8. The highest BCUT2D eigenvalue weighted by Gasteiger charge is 2.32. The van der Waals surface area contributed by atoms with Crippen molar-refractivity contribution in [3.8, 4) is 5.75 Å². The summed E-state index contributed by atoms with van der Waals surface area (Å²) in [6.07, 6.45) is -3.25. The third-order valence-corrected chi connectivity index (χ3v) is 3.15. The van der Waals surface area contributed by atoms with Gasteiger partial charge in [0, 0.05) is 16.1 Å². The van der Waals surface area contributed by atoms with E-state index in [1.807, 2.05) is 13.8 Å². The highest BCUT2D eigenvalue weighted by Crippen LogP contribution is 2.33. The molecule has 0 saturated carbocycles. The van der Waals surface area contributed by atoms with Crippen LogP contribution in [0.5, 0.6) is 5.75 Å². The molecule has 0 bridgehead atoms. The molecular formula is C13H17BrF3NO. The number of rotatable bonds is 5. The zero-order valence-corrected chi connectivity index (χ0v) is 12.4. The summed E-state index contributed by atoms with van der Waals surface area (Å²) in [5.41, 5.74) is 6.33. The van der Waals surface area contributed by atoms with Gasteiger partial charge in [-0.1, -0.05) is 29.8 Å². The Bertz CT molecular complexity index is 421. The molecular weight excluding hydrogens is 323 g/mol. The van der Waals surface area contributed by atoms with Crippen molar-refractivity contribution in [1.29, 1.82) is 0 Å². The third-order valence-electron chi connectivity index (χ3n) is 2.65. The first-order valence-electron chi connectivity index (χ1n) is 6.00. The lowest BCUT2D eigenvalue weighted by molar-refractivity contribution is -0.275. The van der Waals surface area contributed by atoms with Gasteiger partial charge >= 0.3 is 6.36 Å². The van der Waals surface area contributed by atoms with E-state index in [4.69, 9.17) is 5.73 Å². The van der Waals surface area contributed by atoms with Crippen LogP contribution in [0.25, 0.3) is 0 Å². The number of alkyl halides is 3. The van der Waals surface area contributed by atoms with Crippen LogP contribution < -0.4 is 10.5 Å². The van der Waals surface area contributed by atoms with Crippen LogP contribution in [-0.2, 0) is 0 Å². The molecule has 1 rings (SSSR count). The van der Waals surface area contributed by atoms with Crippen LogP contribution in [0.15, 0.2) is 22.7 Å². The van der Waals surface area contributed by atoms with E-state index in [0.29, 0.717) is 22.4 Å². The molecule has 0 aliphatic carbocycles. The van der Waals surface area contributed by atoms with E-state index in [9.17, 15) is 13.2 Å². The van der Waals surface area contributed by atoms with Gasteiger partial charge in [0.15, 0.2) is 0 Å². The standard InChI is InChI=1S/C13H17BrF3NO/c1-8(2)3-5-11(18)10-7-9(14)4-6-12(10)19-13(15,16)17/h4,6-8,11H,3,5,18H2,1-2H3/t11-/m0/s1. The monoisotopic (exact) mass is 339 g/mol. The number of ether oxygens (including phenoxy) is 1. The molecule has 2 nitrogen and oxygen atoms in total. The van der Waals surface area contributed by atoms with Gasteiger partial charge in [-0.25, -0.2) is 0 Å². The Balaban J connectivity index is 2.93. The molecule has 19 heavy (non-hydrogen) atoms. The number of hydrogen-bond acceptors (Lipinski definition) is 2. The van der Waals surface area contributed by atoms with Crippen LogP contribution in [0.2, 0.25) is 0 Å².